The van der Waals surface area contributed by atoms with Gasteiger partial charge in [0.15, 0.2) is 0 Å². The average Bonchev–Trinajstić information content (AvgIpc) is 2.93. The van der Waals surface area contributed by atoms with Gasteiger partial charge in [0.1, 0.15) is 13.2 Å². The van der Waals surface area contributed by atoms with Crippen molar-refractivity contribution in [2.45, 2.75) is 25.4 Å². The molecule has 6 nitrogen and oxygen atoms in total. The Bertz CT molecular complexity index is 439. The maximum Gasteiger partial charge on any atom is 0.411 e. The highest BCUT2D eigenvalue weighted by molar-refractivity contribution is 5.79. The number of alkyl halides is 3. The van der Waals surface area contributed by atoms with Crippen LogP contribution in [0.2, 0.25) is 0 Å². The maximum atomic E-state index is 12.2. The first kappa shape index (κ1) is 19.0. The van der Waals surface area contributed by atoms with Crippen LogP contribution in [0.15, 0.2) is 0 Å². The Morgan fingerprint density at radius 2 is 1.46 bits per heavy atom. The van der Waals surface area contributed by atoms with Gasteiger partial charge < -0.3 is 14.5 Å². The van der Waals surface area contributed by atoms with Crippen molar-refractivity contribution < 1.29 is 27.5 Å². The molecule has 0 N–H and O–H groups in total. The van der Waals surface area contributed by atoms with Crippen molar-refractivity contribution in [2.75, 3.05) is 59.0 Å². The van der Waals surface area contributed by atoms with Crippen LogP contribution in [0.1, 0.15) is 19.3 Å². The van der Waals surface area contributed by atoms with E-state index in [4.69, 9.17) is 0 Å². The Hall–Kier alpha value is -1.35. The van der Waals surface area contributed by atoms with Crippen molar-refractivity contribution in [1.29, 1.82) is 0 Å². The highest BCUT2D eigenvalue weighted by atomic mass is 19.4. The molecule has 2 aliphatic heterocycles. The third-order valence-electron chi connectivity index (χ3n) is 4.25. The molecule has 9 heteroatoms. The fourth-order valence-corrected chi connectivity index (χ4v) is 2.98. The van der Waals surface area contributed by atoms with E-state index in [1.165, 1.54) is 4.90 Å². The van der Waals surface area contributed by atoms with Gasteiger partial charge in [0.05, 0.1) is 6.54 Å². The first-order chi connectivity index (χ1) is 11.3. The summed E-state index contributed by atoms with van der Waals surface area (Å²) < 4.78 is 40.5. The highest BCUT2D eigenvalue weighted by Gasteiger charge is 2.29. The summed E-state index contributed by atoms with van der Waals surface area (Å²) in [5.74, 6) is -0.326. The van der Waals surface area contributed by atoms with Gasteiger partial charge in [0.25, 0.3) is 0 Å². The number of hydrogen-bond acceptors (Lipinski definition) is 4. The molecule has 2 amide bonds. The summed E-state index contributed by atoms with van der Waals surface area (Å²) in [7, 11) is 0. The lowest BCUT2D eigenvalue weighted by atomic mass is 10.3. The molecule has 0 atom stereocenters. The normalized spacial score (nSPS) is 20.3. The molecule has 2 rings (SSSR count). The summed E-state index contributed by atoms with van der Waals surface area (Å²) in [5, 5.41) is 0. The van der Waals surface area contributed by atoms with Crippen molar-refractivity contribution in [2.24, 2.45) is 0 Å². The predicted octanol–water partition coefficient (Wildman–Crippen LogP) is 0.722. The number of likely N-dealkylation sites (tertiary alicyclic amines) is 1. The number of hydrogen-bond donors (Lipinski definition) is 0. The van der Waals surface area contributed by atoms with E-state index >= 15 is 0 Å². The van der Waals surface area contributed by atoms with E-state index in [0.717, 1.165) is 25.9 Å². The van der Waals surface area contributed by atoms with E-state index in [2.05, 4.69) is 4.74 Å². The number of amides is 2. The predicted molar refractivity (Wildman–Crippen MR) is 80.3 cm³/mol. The van der Waals surface area contributed by atoms with E-state index in [9.17, 15) is 22.8 Å². The van der Waals surface area contributed by atoms with Gasteiger partial charge in [-0.15, -0.1) is 0 Å². The minimum atomic E-state index is -4.42. The van der Waals surface area contributed by atoms with Crippen LogP contribution in [0, 0.1) is 0 Å². The summed E-state index contributed by atoms with van der Waals surface area (Å²) in [4.78, 5) is 29.4. The number of halogens is 3. The third kappa shape index (κ3) is 6.27. The molecular weight excluding hydrogens is 327 g/mol. The minimum Gasteiger partial charge on any atom is -0.362 e. The lowest BCUT2D eigenvalue weighted by Gasteiger charge is -2.24. The van der Waals surface area contributed by atoms with Gasteiger partial charge >= 0.3 is 6.18 Å². The average molecular weight is 351 g/mol. The van der Waals surface area contributed by atoms with Crippen LogP contribution in [0.4, 0.5) is 13.2 Å². The van der Waals surface area contributed by atoms with Crippen molar-refractivity contribution in [3.63, 3.8) is 0 Å². The number of carbonyl (C=O) groups is 2. The van der Waals surface area contributed by atoms with Crippen LogP contribution in [-0.2, 0) is 14.3 Å². The van der Waals surface area contributed by atoms with Gasteiger partial charge in [0.2, 0.25) is 11.8 Å². The van der Waals surface area contributed by atoms with Crippen molar-refractivity contribution in [3.05, 3.63) is 0 Å². The Kier molecular flexibility index (Phi) is 6.85. The second kappa shape index (κ2) is 8.66. The number of nitrogens with zero attached hydrogens (tertiary/aromatic N) is 3. The van der Waals surface area contributed by atoms with Crippen molar-refractivity contribution in [1.82, 2.24) is 14.7 Å². The standard InChI is InChI=1S/C15H24F3N3O3/c16-15(17,18)12-24-11-14(23)21-7-3-4-19(8-9-21)10-13(22)20-5-1-2-6-20/h1-12H2. The van der Waals surface area contributed by atoms with Gasteiger partial charge in [-0.3, -0.25) is 14.5 Å². The fraction of sp³-hybridized carbons (Fsp3) is 0.867. The summed E-state index contributed by atoms with van der Waals surface area (Å²) >= 11 is 0. The van der Waals surface area contributed by atoms with Crippen LogP contribution in [0.25, 0.3) is 0 Å². The van der Waals surface area contributed by atoms with E-state index in [1.54, 1.807) is 0 Å². The van der Waals surface area contributed by atoms with E-state index in [1.807, 2.05) is 9.80 Å². The zero-order valence-corrected chi connectivity index (χ0v) is 13.7. The molecule has 0 aromatic carbocycles. The Morgan fingerprint density at radius 3 is 2.12 bits per heavy atom. The van der Waals surface area contributed by atoms with Crippen molar-refractivity contribution >= 4 is 11.8 Å². The van der Waals surface area contributed by atoms with Crippen LogP contribution in [-0.4, -0.2) is 91.7 Å². The maximum absolute atomic E-state index is 12.2. The molecule has 138 valence electrons. The minimum absolute atomic E-state index is 0.112. The highest BCUT2D eigenvalue weighted by Crippen LogP contribution is 2.14. The molecule has 2 fully saturated rings. The summed E-state index contributed by atoms with van der Waals surface area (Å²) in [6.07, 6.45) is -1.64. The number of rotatable bonds is 5. The topological polar surface area (TPSA) is 53.1 Å². The second-order valence-corrected chi connectivity index (χ2v) is 6.21. The third-order valence-corrected chi connectivity index (χ3v) is 4.25. The summed E-state index contributed by atoms with van der Waals surface area (Å²) in [6.45, 7) is 2.12. The molecule has 0 bridgehead atoms. The fourth-order valence-electron chi connectivity index (χ4n) is 2.98. The van der Waals surface area contributed by atoms with Crippen LogP contribution >= 0.6 is 0 Å². The molecule has 0 aromatic heterocycles. The molecule has 24 heavy (non-hydrogen) atoms. The molecule has 0 aliphatic carbocycles. The Morgan fingerprint density at radius 1 is 0.833 bits per heavy atom. The smallest absolute Gasteiger partial charge is 0.362 e. The second-order valence-electron chi connectivity index (χ2n) is 6.21. The largest absolute Gasteiger partial charge is 0.411 e. The lowest BCUT2D eigenvalue weighted by molar-refractivity contribution is -0.177. The Labute approximate surface area is 139 Å². The number of carbonyl (C=O) groups excluding carboxylic acids is 2. The van der Waals surface area contributed by atoms with Gasteiger partial charge in [-0.25, -0.2) is 0 Å². The molecule has 2 aliphatic rings. The first-order valence-corrected chi connectivity index (χ1v) is 8.27. The Balaban J connectivity index is 1.71. The van der Waals surface area contributed by atoms with E-state index in [0.29, 0.717) is 39.1 Å². The SMILES string of the molecule is O=C(COCC(F)(F)F)N1CCCN(CC(=O)N2CCCC2)CC1. The summed E-state index contributed by atoms with van der Waals surface area (Å²) in [5.41, 5.74) is 0. The van der Waals surface area contributed by atoms with Crippen LogP contribution in [0.3, 0.4) is 0 Å². The quantitative estimate of drug-likeness (QED) is 0.733. The molecule has 0 saturated carbocycles. The number of ether oxygens (including phenoxy) is 1. The molecule has 0 aromatic rings. The molecule has 0 unspecified atom stereocenters. The van der Waals surface area contributed by atoms with Crippen molar-refractivity contribution in [3.8, 4) is 0 Å². The monoisotopic (exact) mass is 351 g/mol. The molecule has 2 heterocycles. The molecule has 2 saturated heterocycles. The van der Waals surface area contributed by atoms with E-state index in [-0.39, 0.29) is 5.91 Å². The lowest BCUT2D eigenvalue weighted by Crippen LogP contribution is -2.41. The van der Waals surface area contributed by atoms with Crippen LogP contribution in [0.5, 0.6) is 0 Å². The van der Waals surface area contributed by atoms with Crippen LogP contribution < -0.4 is 0 Å². The zero-order valence-electron chi connectivity index (χ0n) is 13.7. The molecule has 0 radical (unpaired) electrons. The van der Waals surface area contributed by atoms with E-state index < -0.39 is 25.3 Å². The van der Waals surface area contributed by atoms with Gasteiger partial charge in [-0.2, -0.15) is 13.2 Å². The molecular formula is C15H24F3N3O3. The van der Waals surface area contributed by atoms with Gasteiger partial charge in [0, 0.05) is 39.3 Å². The summed E-state index contributed by atoms with van der Waals surface area (Å²) in [6, 6.07) is 0. The zero-order chi connectivity index (χ0) is 17.6. The molecule has 0 spiro atoms. The van der Waals surface area contributed by atoms with Gasteiger partial charge in [-0.05, 0) is 19.3 Å². The van der Waals surface area contributed by atoms with Gasteiger partial charge in [-0.1, -0.05) is 0 Å². The first-order valence-electron chi connectivity index (χ1n) is 8.27.